The lowest BCUT2D eigenvalue weighted by Gasteiger charge is -2.26. The summed E-state index contributed by atoms with van der Waals surface area (Å²) in [5, 5.41) is 0. The molecule has 174 valence electrons. The summed E-state index contributed by atoms with van der Waals surface area (Å²) in [6, 6.07) is 1.70. The number of hydrogen-bond acceptors (Lipinski definition) is 5. The quantitative estimate of drug-likeness (QED) is 0.425. The zero-order chi connectivity index (χ0) is 24.0. The molecular formula is C20H29F2N3O5S. The summed E-state index contributed by atoms with van der Waals surface area (Å²) in [5.41, 5.74) is -2.21. The molecule has 1 amide bonds. The van der Waals surface area contributed by atoms with Crippen molar-refractivity contribution in [3.05, 3.63) is 42.0 Å². The maximum Gasteiger partial charge on any atom is 0.410 e. The second-order valence-electron chi connectivity index (χ2n) is 7.69. The van der Waals surface area contributed by atoms with Crippen LogP contribution in [0, 0.1) is 11.6 Å². The van der Waals surface area contributed by atoms with E-state index in [-0.39, 0.29) is 19.6 Å². The van der Waals surface area contributed by atoms with Crippen LogP contribution in [-0.2, 0) is 14.9 Å². The fourth-order valence-electron chi connectivity index (χ4n) is 2.37. The van der Waals surface area contributed by atoms with Crippen LogP contribution < -0.4 is 4.72 Å². The molecule has 0 saturated carbocycles. The minimum Gasteiger partial charge on any atom is -0.444 e. The SMILES string of the molecule is C=CCN(CCC(=O)c1c(F)ccc(NS(=O)(=O)N(C)CC)c1F)C(=O)OC(C)(C)C. The van der Waals surface area contributed by atoms with E-state index >= 15 is 0 Å². The van der Waals surface area contributed by atoms with Gasteiger partial charge >= 0.3 is 16.3 Å². The predicted octanol–water partition coefficient (Wildman–Crippen LogP) is 3.57. The molecule has 0 unspecified atom stereocenters. The van der Waals surface area contributed by atoms with E-state index < -0.39 is 57.0 Å². The van der Waals surface area contributed by atoms with E-state index in [1.54, 1.807) is 27.7 Å². The van der Waals surface area contributed by atoms with Gasteiger partial charge in [0.2, 0.25) is 0 Å². The van der Waals surface area contributed by atoms with Crippen LogP contribution in [0.15, 0.2) is 24.8 Å². The molecule has 1 rings (SSSR count). The van der Waals surface area contributed by atoms with Gasteiger partial charge in [-0.25, -0.2) is 13.6 Å². The molecule has 0 radical (unpaired) electrons. The second kappa shape index (κ2) is 10.7. The molecule has 0 aliphatic rings. The molecule has 0 aliphatic heterocycles. The van der Waals surface area contributed by atoms with Gasteiger partial charge in [0.05, 0.1) is 11.3 Å². The average Bonchev–Trinajstić information content (AvgIpc) is 2.65. The Morgan fingerprint density at radius 3 is 2.39 bits per heavy atom. The summed E-state index contributed by atoms with van der Waals surface area (Å²) in [6.45, 7) is 10.2. The monoisotopic (exact) mass is 461 g/mol. The number of Topliss-reactive ketones (excluding diaryl/α,β-unsaturated/α-hetero) is 1. The van der Waals surface area contributed by atoms with Crippen LogP contribution in [0.3, 0.4) is 0 Å². The van der Waals surface area contributed by atoms with E-state index in [4.69, 9.17) is 4.74 Å². The van der Waals surface area contributed by atoms with E-state index in [0.29, 0.717) is 0 Å². The number of carbonyl (C=O) groups excluding carboxylic acids is 2. The van der Waals surface area contributed by atoms with Crippen molar-refractivity contribution in [1.29, 1.82) is 0 Å². The molecule has 0 aromatic heterocycles. The number of nitrogens with zero attached hydrogens (tertiary/aromatic N) is 2. The minimum atomic E-state index is -4.07. The number of anilines is 1. The second-order valence-corrected chi connectivity index (χ2v) is 9.47. The number of halogens is 2. The average molecular weight is 462 g/mol. The first-order valence-corrected chi connectivity index (χ1v) is 11.0. The van der Waals surface area contributed by atoms with Gasteiger partial charge in [0.15, 0.2) is 11.6 Å². The van der Waals surface area contributed by atoms with Crippen LogP contribution in [0.5, 0.6) is 0 Å². The van der Waals surface area contributed by atoms with Gasteiger partial charge in [-0.05, 0) is 32.9 Å². The molecule has 1 aromatic rings. The predicted molar refractivity (Wildman–Crippen MR) is 114 cm³/mol. The van der Waals surface area contributed by atoms with Crippen LogP contribution in [0.2, 0.25) is 0 Å². The largest absolute Gasteiger partial charge is 0.444 e. The van der Waals surface area contributed by atoms with Crippen molar-refractivity contribution < 1.29 is 31.5 Å². The van der Waals surface area contributed by atoms with E-state index in [2.05, 4.69) is 6.58 Å². The molecule has 0 bridgehead atoms. The Morgan fingerprint density at radius 1 is 1.26 bits per heavy atom. The number of amides is 1. The van der Waals surface area contributed by atoms with Crippen LogP contribution in [0.4, 0.5) is 19.3 Å². The number of rotatable bonds is 10. The van der Waals surface area contributed by atoms with E-state index in [1.807, 2.05) is 4.72 Å². The molecule has 11 heteroatoms. The number of nitrogens with one attached hydrogen (secondary N) is 1. The molecule has 31 heavy (non-hydrogen) atoms. The Labute approximate surface area is 182 Å². The summed E-state index contributed by atoms with van der Waals surface area (Å²) in [7, 11) is -2.80. The summed E-state index contributed by atoms with van der Waals surface area (Å²) in [4.78, 5) is 26.0. The zero-order valence-electron chi connectivity index (χ0n) is 18.4. The summed E-state index contributed by atoms with van der Waals surface area (Å²) in [6.07, 6.45) is 0.312. The lowest BCUT2D eigenvalue weighted by atomic mass is 10.1. The number of ketones is 1. The summed E-state index contributed by atoms with van der Waals surface area (Å²) >= 11 is 0. The van der Waals surface area contributed by atoms with E-state index in [9.17, 15) is 26.8 Å². The van der Waals surface area contributed by atoms with Gasteiger partial charge in [0.1, 0.15) is 11.4 Å². The molecule has 8 nitrogen and oxygen atoms in total. The molecule has 1 N–H and O–H groups in total. The Hall–Kier alpha value is -2.53. The Balaban J connectivity index is 3.07. The maximum atomic E-state index is 14.8. The molecular weight excluding hydrogens is 432 g/mol. The van der Waals surface area contributed by atoms with Crippen molar-refractivity contribution in [3.63, 3.8) is 0 Å². The van der Waals surface area contributed by atoms with Gasteiger partial charge in [-0.2, -0.15) is 12.7 Å². The first kappa shape index (κ1) is 26.5. The van der Waals surface area contributed by atoms with Crippen molar-refractivity contribution in [1.82, 2.24) is 9.21 Å². The van der Waals surface area contributed by atoms with Crippen molar-refractivity contribution in [2.45, 2.75) is 39.7 Å². The molecule has 0 fully saturated rings. The lowest BCUT2D eigenvalue weighted by molar-refractivity contribution is 0.0271. The molecule has 0 spiro atoms. The standard InChI is InChI=1S/C20H29F2N3O5S/c1-7-12-25(19(27)30-20(3,4)5)13-11-16(26)17-14(21)9-10-15(18(17)22)23-31(28,29)24(6)8-2/h7,9-10,23H,1,8,11-13H2,2-6H3. The maximum absolute atomic E-state index is 14.8. The zero-order valence-corrected chi connectivity index (χ0v) is 19.2. The highest BCUT2D eigenvalue weighted by Gasteiger charge is 2.26. The highest BCUT2D eigenvalue weighted by molar-refractivity contribution is 7.90. The van der Waals surface area contributed by atoms with Gasteiger partial charge in [0.25, 0.3) is 0 Å². The fourth-order valence-corrected chi connectivity index (χ4v) is 3.31. The van der Waals surface area contributed by atoms with Crippen LogP contribution in [0.1, 0.15) is 44.5 Å². The number of benzene rings is 1. The number of ether oxygens (including phenoxy) is 1. The van der Waals surface area contributed by atoms with Crippen LogP contribution in [-0.4, -0.2) is 61.8 Å². The molecule has 0 saturated heterocycles. The van der Waals surface area contributed by atoms with Gasteiger partial charge < -0.3 is 9.64 Å². The lowest BCUT2D eigenvalue weighted by Crippen LogP contribution is -2.38. The molecule has 0 atom stereocenters. The third kappa shape index (κ3) is 7.59. The molecule has 1 aromatic carbocycles. The molecule has 0 heterocycles. The smallest absolute Gasteiger partial charge is 0.410 e. The Morgan fingerprint density at radius 2 is 1.87 bits per heavy atom. The van der Waals surface area contributed by atoms with Gasteiger partial charge in [0, 0.05) is 33.1 Å². The highest BCUT2D eigenvalue weighted by atomic mass is 32.2. The first-order valence-electron chi connectivity index (χ1n) is 9.57. The molecule has 0 aliphatic carbocycles. The van der Waals surface area contributed by atoms with Crippen LogP contribution >= 0.6 is 0 Å². The topological polar surface area (TPSA) is 96.0 Å². The fraction of sp³-hybridized carbons (Fsp3) is 0.500. The van der Waals surface area contributed by atoms with Crippen LogP contribution in [0.25, 0.3) is 0 Å². The van der Waals surface area contributed by atoms with Crippen molar-refractivity contribution in [2.24, 2.45) is 0 Å². The van der Waals surface area contributed by atoms with Gasteiger partial charge in [-0.3, -0.25) is 9.52 Å². The Kier molecular flexibility index (Phi) is 9.12. The highest BCUT2D eigenvalue weighted by Crippen LogP contribution is 2.24. The van der Waals surface area contributed by atoms with Crippen molar-refractivity contribution in [3.8, 4) is 0 Å². The Bertz CT molecular complexity index is 929. The third-order valence-corrected chi connectivity index (χ3v) is 5.63. The van der Waals surface area contributed by atoms with Crippen molar-refractivity contribution in [2.75, 3.05) is 31.4 Å². The van der Waals surface area contributed by atoms with Crippen molar-refractivity contribution >= 4 is 27.8 Å². The number of hydrogen-bond donors (Lipinski definition) is 1. The third-order valence-electron chi connectivity index (χ3n) is 4.07. The van der Waals surface area contributed by atoms with Gasteiger partial charge in [-0.1, -0.05) is 13.0 Å². The minimum absolute atomic E-state index is 0.0658. The van der Waals surface area contributed by atoms with E-state index in [0.717, 1.165) is 16.4 Å². The number of carbonyl (C=O) groups is 2. The van der Waals surface area contributed by atoms with E-state index in [1.165, 1.54) is 18.0 Å². The van der Waals surface area contributed by atoms with Gasteiger partial charge in [-0.15, -0.1) is 6.58 Å². The summed E-state index contributed by atoms with van der Waals surface area (Å²) < 4.78 is 61.4. The summed E-state index contributed by atoms with van der Waals surface area (Å²) in [5.74, 6) is -3.40. The first-order chi connectivity index (χ1) is 14.2. The normalized spacial score (nSPS) is 11.9.